The summed E-state index contributed by atoms with van der Waals surface area (Å²) < 4.78 is 0. The van der Waals surface area contributed by atoms with Crippen molar-refractivity contribution >= 4 is 5.91 Å². The van der Waals surface area contributed by atoms with E-state index in [9.17, 15) is 4.79 Å². The molecule has 0 aromatic heterocycles. The molecule has 0 aliphatic rings. The molecule has 1 unspecified atom stereocenters. The number of nitrogens with one attached hydrogen (secondary N) is 1. The standard InChI is InChI=1S/C11H23NO/c1-6-7-12-10(13)8-9(2)11(3,4)5/h9H,6-8H2,1-5H3,(H,12,13). The molecule has 2 heteroatoms. The molecular formula is C11H23NO. The number of carbonyl (C=O) groups is 1. The molecule has 13 heavy (non-hydrogen) atoms. The van der Waals surface area contributed by atoms with Gasteiger partial charge in [0.1, 0.15) is 0 Å². The summed E-state index contributed by atoms with van der Waals surface area (Å²) in [6.07, 6.45) is 1.65. The van der Waals surface area contributed by atoms with Gasteiger partial charge in [-0.2, -0.15) is 0 Å². The van der Waals surface area contributed by atoms with Gasteiger partial charge in [0.05, 0.1) is 0 Å². The number of rotatable bonds is 4. The number of hydrogen-bond donors (Lipinski definition) is 1. The zero-order valence-corrected chi connectivity index (χ0v) is 9.61. The molecule has 0 heterocycles. The van der Waals surface area contributed by atoms with Crippen LogP contribution in [0, 0.1) is 11.3 Å². The summed E-state index contributed by atoms with van der Waals surface area (Å²) in [5, 5.41) is 2.90. The van der Waals surface area contributed by atoms with Gasteiger partial charge in [0, 0.05) is 13.0 Å². The first-order chi connectivity index (χ1) is 5.88. The fourth-order valence-electron chi connectivity index (χ4n) is 0.921. The normalized spacial score (nSPS) is 13.9. The smallest absolute Gasteiger partial charge is 0.220 e. The predicted molar refractivity (Wildman–Crippen MR) is 56.5 cm³/mol. The van der Waals surface area contributed by atoms with Crippen molar-refractivity contribution in [3.05, 3.63) is 0 Å². The summed E-state index contributed by atoms with van der Waals surface area (Å²) in [5.41, 5.74) is 0.226. The largest absolute Gasteiger partial charge is 0.356 e. The highest BCUT2D eigenvalue weighted by Crippen LogP contribution is 2.27. The Kier molecular flexibility index (Phi) is 5.04. The molecule has 78 valence electrons. The van der Waals surface area contributed by atoms with Crippen LogP contribution in [0.15, 0.2) is 0 Å². The zero-order chi connectivity index (χ0) is 10.5. The van der Waals surface area contributed by atoms with Crippen LogP contribution >= 0.6 is 0 Å². The van der Waals surface area contributed by atoms with Crippen LogP contribution in [-0.2, 0) is 4.79 Å². The fourth-order valence-corrected chi connectivity index (χ4v) is 0.921. The first-order valence-corrected chi connectivity index (χ1v) is 5.14. The van der Waals surface area contributed by atoms with Crippen molar-refractivity contribution in [2.75, 3.05) is 6.54 Å². The van der Waals surface area contributed by atoms with Gasteiger partial charge in [0.2, 0.25) is 5.91 Å². The molecule has 0 fully saturated rings. The Morgan fingerprint density at radius 2 is 1.92 bits per heavy atom. The van der Waals surface area contributed by atoms with Crippen LogP contribution in [0.4, 0.5) is 0 Å². The van der Waals surface area contributed by atoms with Gasteiger partial charge in [-0.3, -0.25) is 4.79 Å². The van der Waals surface area contributed by atoms with Crippen LogP contribution in [0.2, 0.25) is 0 Å². The van der Waals surface area contributed by atoms with Gasteiger partial charge in [-0.1, -0.05) is 34.6 Å². The molecule has 0 rings (SSSR count). The van der Waals surface area contributed by atoms with E-state index in [-0.39, 0.29) is 11.3 Å². The minimum Gasteiger partial charge on any atom is -0.356 e. The summed E-state index contributed by atoms with van der Waals surface area (Å²) in [4.78, 5) is 11.3. The van der Waals surface area contributed by atoms with Gasteiger partial charge < -0.3 is 5.32 Å². The molecule has 1 atom stereocenters. The van der Waals surface area contributed by atoms with E-state index in [0.717, 1.165) is 13.0 Å². The van der Waals surface area contributed by atoms with Gasteiger partial charge in [0.15, 0.2) is 0 Å². The predicted octanol–water partition coefficient (Wildman–Crippen LogP) is 2.58. The van der Waals surface area contributed by atoms with Crippen LogP contribution < -0.4 is 5.32 Å². The lowest BCUT2D eigenvalue weighted by Gasteiger charge is -2.26. The minimum atomic E-state index is 0.185. The van der Waals surface area contributed by atoms with Crippen molar-refractivity contribution in [3.63, 3.8) is 0 Å². The monoisotopic (exact) mass is 185 g/mol. The third kappa shape index (κ3) is 5.67. The first kappa shape index (κ1) is 12.5. The van der Waals surface area contributed by atoms with E-state index in [1.807, 2.05) is 0 Å². The van der Waals surface area contributed by atoms with Crippen molar-refractivity contribution in [1.82, 2.24) is 5.32 Å². The van der Waals surface area contributed by atoms with Gasteiger partial charge in [0.25, 0.3) is 0 Å². The van der Waals surface area contributed by atoms with Crippen LogP contribution in [-0.4, -0.2) is 12.5 Å². The Morgan fingerprint density at radius 1 is 1.38 bits per heavy atom. The van der Waals surface area contributed by atoms with E-state index in [2.05, 4.69) is 39.9 Å². The van der Waals surface area contributed by atoms with Crippen molar-refractivity contribution in [3.8, 4) is 0 Å². The number of amides is 1. The van der Waals surface area contributed by atoms with Crippen LogP contribution in [0.5, 0.6) is 0 Å². The second-order valence-electron chi connectivity index (χ2n) is 4.82. The van der Waals surface area contributed by atoms with E-state index < -0.39 is 0 Å². The summed E-state index contributed by atoms with van der Waals surface area (Å²) >= 11 is 0. The Morgan fingerprint density at radius 3 is 2.31 bits per heavy atom. The molecule has 0 saturated carbocycles. The maximum absolute atomic E-state index is 11.3. The zero-order valence-electron chi connectivity index (χ0n) is 9.61. The molecule has 0 aromatic rings. The summed E-state index contributed by atoms with van der Waals surface area (Å²) in [7, 11) is 0. The van der Waals surface area contributed by atoms with E-state index in [0.29, 0.717) is 12.3 Å². The van der Waals surface area contributed by atoms with Crippen molar-refractivity contribution in [1.29, 1.82) is 0 Å². The second kappa shape index (κ2) is 5.25. The topological polar surface area (TPSA) is 29.1 Å². The highest BCUT2D eigenvalue weighted by Gasteiger charge is 2.22. The number of carbonyl (C=O) groups excluding carboxylic acids is 1. The summed E-state index contributed by atoms with van der Waals surface area (Å²) in [6.45, 7) is 11.5. The third-order valence-corrected chi connectivity index (χ3v) is 2.54. The van der Waals surface area contributed by atoms with Crippen LogP contribution in [0.25, 0.3) is 0 Å². The molecule has 0 saturated heterocycles. The molecule has 0 aliphatic heterocycles. The Hall–Kier alpha value is -0.530. The van der Waals surface area contributed by atoms with E-state index >= 15 is 0 Å². The molecule has 0 spiro atoms. The summed E-state index contributed by atoms with van der Waals surface area (Å²) in [6, 6.07) is 0. The van der Waals surface area contributed by atoms with E-state index in [4.69, 9.17) is 0 Å². The average molecular weight is 185 g/mol. The first-order valence-electron chi connectivity index (χ1n) is 5.14. The molecule has 0 bridgehead atoms. The number of hydrogen-bond acceptors (Lipinski definition) is 1. The lowest BCUT2D eigenvalue weighted by atomic mass is 9.80. The third-order valence-electron chi connectivity index (χ3n) is 2.54. The van der Waals surface area contributed by atoms with E-state index in [1.54, 1.807) is 0 Å². The quantitative estimate of drug-likeness (QED) is 0.716. The highest BCUT2D eigenvalue weighted by molar-refractivity contribution is 5.76. The molecular weight excluding hydrogens is 162 g/mol. The van der Waals surface area contributed by atoms with Crippen LogP contribution in [0.1, 0.15) is 47.5 Å². The van der Waals surface area contributed by atoms with Gasteiger partial charge in [-0.25, -0.2) is 0 Å². The van der Waals surface area contributed by atoms with Crippen molar-refractivity contribution in [2.45, 2.75) is 47.5 Å². The SMILES string of the molecule is CCCNC(=O)CC(C)C(C)(C)C. The molecule has 2 nitrogen and oxygen atoms in total. The summed E-state index contributed by atoms with van der Waals surface area (Å²) in [5.74, 6) is 0.619. The van der Waals surface area contributed by atoms with Crippen molar-refractivity contribution < 1.29 is 4.79 Å². The lowest BCUT2D eigenvalue weighted by molar-refractivity contribution is -0.122. The molecule has 1 amide bonds. The molecule has 0 aromatic carbocycles. The lowest BCUT2D eigenvalue weighted by Crippen LogP contribution is -2.29. The van der Waals surface area contributed by atoms with E-state index in [1.165, 1.54) is 0 Å². The molecule has 0 radical (unpaired) electrons. The highest BCUT2D eigenvalue weighted by atomic mass is 16.1. The molecule has 1 N–H and O–H groups in total. The Balaban J connectivity index is 3.79. The maximum Gasteiger partial charge on any atom is 0.220 e. The van der Waals surface area contributed by atoms with Gasteiger partial charge >= 0.3 is 0 Å². The Bertz CT molecular complexity index is 158. The van der Waals surface area contributed by atoms with Gasteiger partial charge in [-0.05, 0) is 17.8 Å². The van der Waals surface area contributed by atoms with Gasteiger partial charge in [-0.15, -0.1) is 0 Å². The van der Waals surface area contributed by atoms with Crippen molar-refractivity contribution in [2.24, 2.45) is 11.3 Å². The Labute approximate surface area is 82.1 Å². The maximum atomic E-state index is 11.3. The average Bonchev–Trinajstić information content (AvgIpc) is 1.99. The fraction of sp³-hybridized carbons (Fsp3) is 0.909. The minimum absolute atomic E-state index is 0.185. The second-order valence-corrected chi connectivity index (χ2v) is 4.82. The van der Waals surface area contributed by atoms with Crippen LogP contribution in [0.3, 0.4) is 0 Å². The molecule has 0 aliphatic carbocycles.